The maximum absolute atomic E-state index is 13.0. The van der Waals surface area contributed by atoms with E-state index in [1.54, 1.807) is 55.3 Å². The largest absolute Gasteiger partial charge is 0.496 e. The summed E-state index contributed by atoms with van der Waals surface area (Å²) >= 11 is 6.14. The third-order valence-electron chi connectivity index (χ3n) is 5.31. The number of carbonyl (C=O) groups is 2. The number of hydrogen-bond acceptors (Lipinski definition) is 4. The lowest BCUT2D eigenvalue weighted by molar-refractivity contribution is -0.138. The number of para-hydroxylation sites is 1. The quantitative estimate of drug-likeness (QED) is 0.599. The van der Waals surface area contributed by atoms with Crippen LogP contribution in [0.4, 0.5) is 5.69 Å². The Morgan fingerprint density at radius 2 is 1.91 bits per heavy atom. The lowest BCUT2D eigenvalue weighted by Crippen LogP contribution is -2.37. The number of halogens is 1. The van der Waals surface area contributed by atoms with E-state index in [-0.39, 0.29) is 11.8 Å². The molecule has 2 amide bonds. The molecule has 4 rings (SSSR count). The molecule has 1 N–H and O–H groups in total. The summed E-state index contributed by atoms with van der Waals surface area (Å²) in [4.78, 5) is 27.4. The lowest BCUT2D eigenvalue weighted by Gasteiger charge is -2.23. The zero-order valence-electron chi connectivity index (χ0n) is 17.8. The van der Waals surface area contributed by atoms with Crippen LogP contribution in [0.25, 0.3) is 0 Å². The summed E-state index contributed by atoms with van der Waals surface area (Å²) in [6.45, 7) is 2.46. The molecular formula is C25H23ClN2O4. The molecule has 1 atom stereocenters. The number of nitrogens with zero attached hydrogens (tertiary/aromatic N) is 1. The van der Waals surface area contributed by atoms with Crippen molar-refractivity contribution >= 4 is 29.1 Å². The number of amides is 2. The number of rotatable bonds is 5. The minimum Gasteiger partial charge on any atom is -0.496 e. The monoisotopic (exact) mass is 450 g/mol. The predicted octanol–water partition coefficient (Wildman–Crippen LogP) is 4.91. The van der Waals surface area contributed by atoms with Crippen molar-refractivity contribution in [3.63, 3.8) is 0 Å². The number of ether oxygens (including phenoxy) is 2. The number of benzene rings is 3. The highest BCUT2D eigenvalue weighted by molar-refractivity contribution is 6.34. The van der Waals surface area contributed by atoms with Gasteiger partial charge in [-0.25, -0.2) is 0 Å². The third kappa shape index (κ3) is 4.55. The Kier molecular flexibility index (Phi) is 6.32. The van der Waals surface area contributed by atoms with Crippen molar-refractivity contribution in [2.45, 2.75) is 26.1 Å². The molecule has 0 saturated heterocycles. The zero-order valence-corrected chi connectivity index (χ0v) is 18.6. The van der Waals surface area contributed by atoms with Gasteiger partial charge in [-0.3, -0.25) is 9.59 Å². The number of hydrogen-bond donors (Lipinski definition) is 1. The van der Waals surface area contributed by atoms with Gasteiger partial charge in [0, 0.05) is 29.9 Å². The van der Waals surface area contributed by atoms with Crippen LogP contribution in [0.5, 0.6) is 11.5 Å². The fourth-order valence-corrected chi connectivity index (χ4v) is 3.92. The molecule has 1 aliphatic heterocycles. The molecule has 0 bridgehead atoms. The summed E-state index contributed by atoms with van der Waals surface area (Å²) in [5.74, 6) is 0.914. The van der Waals surface area contributed by atoms with Crippen molar-refractivity contribution in [2.75, 3.05) is 12.4 Å². The van der Waals surface area contributed by atoms with Gasteiger partial charge in [-0.1, -0.05) is 41.9 Å². The van der Waals surface area contributed by atoms with Crippen molar-refractivity contribution in [1.29, 1.82) is 0 Å². The maximum atomic E-state index is 13.0. The molecule has 1 aliphatic rings. The molecule has 1 heterocycles. The Bertz CT molecular complexity index is 1160. The van der Waals surface area contributed by atoms with Crippen molar-refractivity contribution in [2.24, 2.45) is 0 Å². The minimum absolute atomic E-state index is 0.117. The number of fused-ring (bicyclic) bond motifs is 1. The summed E-state index contributed by atoms with van der Waals surface area (Å²) < 4.78 is 11.3. The van der Waals surface area contributed by atoms with Crippen molar-refractivity contribution in [3.8, 4) is 11.5 Å². The van der Waals surface area contributed by atoms with Crippen LogP contribution in [-0.2, 0) is 17.9 Å². The van der Waals surface area contributed by atoms with Crippen molar-refractivity contribution < 1.29 is 19.1 Å². The van der Waals surface area contributed by atoms with Crippen molar-refractivity contribution in [3.05, 3.63) is 88.4 Å². The molecule has 0 saturated carbocycles. The Morgan fingerprint density at radius 1 is 1.16 bits per heavy atom. The van der Waals surface area contributed by atoms with Gasteiger partial charge in [0.2, 0.25) is 0 Å². The molecule has 0 unspecified atom stereocenters. The summed E-state index contributed by atoms with van der Waals surface area (Å²) in [6.07, 6.45) is -0.630. The van der Waals surface area contributed by atoms with Gasteiger partial charge in [-0.2, -0.15) is 0 Å². The van der Waals surface area contributed by atoms with Gasteiger partial charge in [0.1, 0.15) is 11.5 Å². The molecule has 32 heavy (non-hydrogen) atoms. The van der Waals surface area contributed by atoms with E-state index in [4.69, 9.17) is 21.1 Å². The first-order chi connectivity index (χ1) is 15.5. The molecule has 7 heteroatoms. The van der Waals surface area contributed by atoms with Crippen LogP contribution in [0, 0.1) is 0 Å². The number of methoxy groups -OCH3 is 1. The average Bonchev–Trinajstić information content (AvgIpc) is 2.90. The Labute approximate surface area is 191 Å². The molecule has 3 aromatic rings. The van der Waals surface area contributed by atoms with Gasteiger partial charge in [-0.15, -0.1) is 0 Å². The SMILES string of the molecule is COc1ccccc1CN1Cc2cc(NC(=O)c3ccccc3Cl)ccc2O[C@@H](C)C1=O. The van der Waals surface area contributed by atoms with Crippen LogP contribution in [0.3, 0.4) is 0 Å². The van der Waals surface area contributed by atoms with Crippen LogP contribution in [0.2, 0.25) is 5.02 Å². The van der Waals surface area contributed by atoms with E-state index in [9.17, 15) is 9.59 Å². The van der Waals surface area contributed by atoms with E-state index >= 15 is 0 Å². The normalized spacial score (nSPS) is 15.4. The maximum Gasteiger partial charge on any atom is 0.263 e. The van der Waals surface area contributed by atoms with Gasteiger partial charge < -0.3 is 19.7 Å². The van der Waals surface area contributed by atoms with E-state index in [1.807, 2.05) is 30.3 Å². The highest BCUT2D eigenvalue weighted by Gasteiger charge is 2.28. The molecule has 0 spiro atoms. The fraction of sp³-hybridized carbons (Fsp3) is 0.200. The van der Waals surface area contributed by atoms with Gasteiger partial charge in [0.25, 0.3) is 11.8 Å². The summed E-state index contributed by atoms with van der Waals surface area (Å²) in [5.41, 5.74) is 2.69. The van der Waals surface area contributed by atoms with Crippen LogP contribution in [0.15, 0.2) is 66.7 Å². The van der Waals surface area contributed by atoms with E-state index in [1.165, 1.54) is 0 Å². The molecule has 6 nitrogen and oxygen atoms in total. The fourth-order valence-electron chi connectivity index (χ4n) is 3.69. The first kappa shape index (κ1) is 21.7. The van der Waals surface area contributed by atoms with Crippen LogP contribution in [0.1, 0.15) is 28.4 Å². The second-order valence-electron chi connectivity index (χ2n) is 7.52. The summed E-state index contributed by atoms with van der Waals surface area (Å²) in [5, 5.41) is 3.25. The Hall–Kier alpha value is -3.51. The molecule has 3 aromatic carbocycles. The predicted molar refractivity (Wildman–Crippen MR) is 123 cm³/mol. The molecule has 0 aromatic heterocycles. The van der Waals surface area contributed by atoms with Gasteiger partial charge in [0.05, 0.1) is 17.7 Å². The van der Waals surface area contributed by atoms with Crippen molar-refractivity contribution in [1.82, 2.24) is 4.90 Å². The lowest BCUT2D eigenvalue weighted by atomic mass is 10.1. The Morgan fingerprint density at radius 3 is 2.69 bits per heavy atom. The molecule has 164 valence electrons. The number of carbonyl (C=O) groups excluding carboxylic acids is 2. The Balaban J connectivity index is 1.59. The number of anilines is 1. The van der Waals surface area contributed by atoms with Gasteiger partial charge in [0.15, 0.2) is 6.10 Å². The van der Waals surface area contributed by atoms with E-state index in [2.05, 4.69) is 5.32 Å². The first-order valence-corrected chi connectivity index (χ1v) is 10.6. The summed E-state index contributed by atoms with van der Waals surface area (Å²) in [7, 11) is 1.61. The molecule has 0 radical (unpaired) electrons. The third-order valence-corrected chi connectivity index (χ3v) is 5.64. The smallest absolute Gasteiger partial charge is 0.263 e. The second kappa shape index (κ2) is 9.32. The highest BCUT2D eigenvalue weighted by Crippen LogP contribution is 2.31. The van der Waals surface area contributed by atoms with Crippen LogP contribution in [-0.4, -0.2) is 29.9 Å². The topological polar surface area (TPSA) is 67.9 Å². The number of nitrogens with one attached hydrogen (secondary N) is 1. The summed E-state index contributed by atoms with van der Waals surface area (Å²) in [6, 6.07) is 19.8. The standard InChI is InChI=1S/C25H23ClN2O4/c1-16-25(30)28(14-17-7-3-6-10-22(17)31-2)15-18-13-19(11-12-23(18)32-16)27-24(29)20-8-4-5-9-21(20)26/h3-13,16H,14-15H2,1-2H3,(H,27,29)/t16-/m0/s1. The van der Waals surface area contributed by atoms with E-state index < -0.39 is 6.10 Å². The minimum atomic E-state index is -0.630. The van der Waals surface area contributed by atoms with E-state index in [0.29, 0.717) is 35.1 Å². The second-order valence-corrected chi connectivity index (χ2v) is 7.93. The van der Waals surface area contributed by atoms with Crippen LogP contribution < -0.4 is 14.8 Å². The average molecular weight is 451 g/mol. The molecular weight excluding hydrogens is 428 g/mol. The molecule has 0 fully saturated rings. The van der Waals surface area contributed by atoms with Gasteiger partial charge >= 0.3 is 0 Å². The highest BCUT2D eigenvalue weighted by atomic mass is 35.5. The molecule has 0 aliphatic carbocycles. The first-order valence-electron chi connectivity index (χ1n) is 10.2. The van der Waals surface area contributed by atoms with Gasteiger partial charge in [-0.05, 0) is 43.3 Å². The van der Waals surface area contributed by atoms with E-state index in [0.717, 1.165) is 16.9 Å². The van der Waals surface area contributed by atoms with Crippen LogP contribution >= 0.6 is 11.6 Å². The zero-order chi connectivity index (χ0) is 22.7.